The molecule has 5 heteroatoms. The number of carbonyl (C=O) groups excluding carboxylic acids is 1. The molecular weight excluding hydrogens is 316 g/mol. The molecule has 1 atom stereocenters. The Labute approximate surface area is 148 Å². The Bertz CT molecular complexity index is 679. The van der Waals surface area contributed by atoms with Gasteiger partial charge in [-0.2, -0.15) is 0 Å². The maximum atomic E-state index is 12.7. The molecule has 2 aromatic rings. The number of hydrogen-bond acceptors (Lipinski definition) is 4. The lowest BCUT2D eigenvalue weighted by atomic mass is 9.97. The summed E-state index contributed by atoms with van der Waals surface area (Å²) in [6.45, 7) is 1.62. The quantitative estimate of drug-likeness (QED) is 0.848. The first-order chi connectivity index (χ1) is 12.2. The first-order valence-corrected chi connectivity index (χ1v) is 8.50. The van der Waals surface area contributed by atoms with Crippen molar-refractivity contribution in [1.29, 1.82) is 0 Å². The minimum atomic E-state index is -0.252. The van der Waals surface area contributed by atoms with Crippen molar-refractivity contribution in [2.45, 2.75) is 12.5 Å². The summed E-state index contributed by atoms with van der Waals surface area (Å²) in [6.07, 6.45) is 0.870. The molecule has 0 radical (unpaired) electrons. The molecule has 1 aliphatic rings. The fourth-order valence-corrected chi connectivity index (χ4v) is 3.14. The standard InChI is InChI=1S/C20H24N2O3/c1-24-17-7-3-5-14(11-17)19(15-6-4-8-18(12-15)25-2)22-20(23)16-9-10-21-13-16/h3-8,11-12,16,19,21H,9-10,13H2,1-2H3,(H,22,23)/t16-/m1/s1. The summed E-state index contributed by atoms with van der Waals surface area (Å²) in [5.74, 6) is 1.61. The summed E-state index contributed by atoms with van der Waals surface area (Å²) in [5.41, 5.74) is 1.96. The Balaban J connectivity index is 1.93. The van der Waals surface area contributed by atoms with Gasteiger partial charge in [0.2, 0.25) is 5.91 Å². The van der Waals surface area contributed by atoms with E-state index < -0.39 is 0 Å². The van der Waals surface area contributed by atoms with Gasteiger partial charge in [0.05, 0.1) is 26.2 Å². The summed E-state index contributed by atoms with van der Waals surface area (Å²) < 4.78 is 10.7. The van der Waals surface area contributed by atoms with Crippen LogP contribution in [0.1, 0.15) is 23.6 Å². The normalized spacial score (nSPS) is 16.7. The highest BCUT2D eigenvalue weighted by molar-refractivity contribution is 5.80. The minimum absolute atomic E-state index is 0.0127. The molecule has 1 fully saturated rings. The van der Waals surface area contributed by atoms with Gasteiger partial charge in [0.1, 0.15) is 11.5 Å². The van der Waals surface area contributed by atoms with Crippen molar-refractivity contribution in [3.63, 3.8) is 0 Å². The molecular formula is C20H24N2O3. The largest absolute Gasteiger partial charge is 0.497 e. The Kier molecular flexibility index (Phi) is 5.56. The molecule has 132 valence electrons. The molecule has 2 aromatic carbocycles. The van der Waals surface area contributed by atoms with E-state index in [-0.39, 0.29) is 17.9 Å². The SMILES string of the molecule is COc1cccc(C(NC(=O)[C@@H]2CCNC2)c2cccc(OC)c2)c1. The molecule has 3 rings (SSSR count). The van der Waals surface area contributed by atoms with Crippen LogP contribution < -0.4 is 20.1 Å². The van der Waals surface area contributed by atoms with E-state index in [9.17, 15) is 4.79 Å². The second-order valence-corrected chi connectivity index (χ2v) is 6.18. The van der Waals surface area contributed by atoms with Gasteiger partial charge < -0.3 is 20.1 Å². The Morgan fingerprint density at radius 3 is 2.16 bits per heavy atom. The van der Waals surface area contributed by atoms with Gasteiger partial charge in [-0.05, 0) is 48.4 Å². The van der Waals surface area contributed by atoms with Crippen molar-refractivity contribution < 1.29 is 14.3 Å². The van der Waals surface area contributed by atoms with Gasteiger partial charge in [0, 0.05) is 6.54 Å². The van der Waals surface area contributed by atoms with Crippen molar-refractivity contribution in [3.8, 4) is 11.5 Å². The zero-order valence-electron chi connectivity index (χ0n) is 14.6. The molecule has 1 heterocycles. The van der Waals surface area contributed by atoms with Gasteiger partial charge in [-0.1, -0.05) is 24.3 Å². The lowest BCUT2D eigenvalue weighted by molar-refractivity contribution is -0.124. The highest BCUT2D eigenvalue weighted by Crippen LogP contribution is 2.28. The van der Waals surface area contributed by atoms with Crippen molar-refractivity contribution >= 4 is 5.91 Å². The maximum Gasteiger partial charge on any atom is 0.225 e. The van der Waals surface area contributed by atoms with Gasteiger partial charge in [0.25, 0.3) is 0 Å². The van der Waals surface area contributed by atoms with Crippen LogP contribution in [0.4, 0.5) is 0 Å². The van der Waals surface area contributed by atoms with E-state index in [0.29, 0.717) is 0 Å². The molecule has 0 spiro atoms. The topological polar surface area (TPSA) is 59.6 Å². The second-order valence-electron chi connectivity index (χ2n) is 6.18. The Morgan fingerprint density at radius 2 is 1.68 bits per heavy atom. The van der Waals surface area contributed by atoms with Crippen LogP contribution in [0.5, 0.6) is 11.5 Å². The highest BCUT2D eigenvalue weighted by atomic mass is 16.5. The molecule has 0 saturated carbocycles. The van der Waals surface area contributed by atoms with Gasteiger partial charge in [-0.3, -0.25) is 4.79 Å². The van der Waals surface area contributed by atoms with Crippen LogP contribution in [0.2, 0.25) is 0 Å². The highest BCUT2D eigenvalue weighted by Gasteiger charge is 2.26. The van der Waals surface area contributed by atoms with Gasteiger partial charge >= 0.3 is 0 Å². The summed E-state index contributed by atoms with van der Waals surface area (Å²) in [4.78, 5) is 12.7. The number of rotatable bonds is 6. The van der Waals surface area contributed by atoms with Crippen molar-refractivity contribution in [1.82, 2.24) is 10.6 Å². The number of ether oxygens (including phenoxy) is 2. The van der Waals surface area contributed by atoms with E-state index in [1.165, 1.54) is 0 Å². The van der Waals surface area contributed by atoms with Crippen LogP contribution in [0.3, 0.4) is 0 Å². The van der Waals surface area contributed by atoms with E-state index in [2.05, 4.69) is 10.6 Å². The van der Waals surface area contributed by atoms with Crippen molar-refractivity contribution in [2.24, 2.45) is 5.92 Å². The Hall–Kier alpha value is -2.53. The number of hydrogen-bond donors (Lipinski definition) is 2. The average molecular weight is 340 g/mol. The van der Waals surface area contributed by atoms with Crippen molar-refractivity contribution in [3.05, 3.63) is 59.7 Å². The van der Waals surface area contributed by atoms with Crippen LogP contribution in [0, 0.1) is 5.92 Å². The molecule has 0 bridgehead atoms. The third kappa shape index (κ3) is 4.12. The molecule has 1 saturated heterocycles. The molecule has 0 aliphatic carbocycles. The molecule has 5 nitrogen and oxygen atoms in total. The molecule has 1 amide bonds. The molecule has 25 heavy (non-hydrogen) atoms. The zero-order valence-corrected chi connectivity index (χ0v) is 14.6. The van der Waals surface area contributed by atoms with Gasteiger partial charge in [0.15, 0.2) is 0 Å². The van der Waals surface area contributed by atoms with E-state index in [0.717, 1.165) is 42.1 Å². The number of benzene rings is 2. The van der Waals surface area contributed by atoms with E-state index >= 15 is 0 Å². The predicted molar refractivity (Wildman–Crippen MR) is 97.0 cm³/mol. The lowest BCUT2D eigenvalue weighted by Gasteiger charge is -2.22. The fourth-order valence-electron chi connectivity index (χ4n) is 3.14. The zero-order chi connectivity index (χ0) is 17.6. The second kappa shape index (κ2) is 8.03. The van der Waals surface area contributed by atoms with Gasteiger partial charge in [-0.15, -0.1) is 0 Å². The number of amides is 1. The number of nitrogens with one attached hydrogen (secondary N) is 2. The van der Waals surface area contributed by atoms with E-state index in [1.807, 2.05) is 48.5 Å². The Morgan fingerprint density at radius 1 is 1.08 bits per heavy atom. The van der Waals surface area contributed by atoms with Crippen LogP contribution in [-0.2, 0) is 4.79 Å². The smallest absolute Gasteiger partial charge is 0.225 e. The summed E-state index contributed by atoms with van der Waals surface area (Å²) in [5, 5.41) is 6.45. The van der Waals surface area contributed by atoms with E-state index in [1.54, 1.807) is 14.2 Å². The van der Waals surface area contributed by atoms with E-state index in [4.69, 9.17) is 9.47 Å². The van der Waals surface area contributed by atoms with Crippen LogP contribution in [0.15, 0.2) is 48.5 Å². The number of methoxy groups -OCH3 is 2. The average Bonchev–Trinajstić information content (AvgIpc) is 3.21. The van der Waals surface area contributed by atoms with Crippen LogP contribution >= 0.6 is 0 Å². The molecule has 0 aromatic heterocycles. The lowest BCUT2D eigenvalue weighted by Crippen LogP contribution is -2.35. The summed E-state index contributed by atoms with van der Waals surface area (Å²) in [6, 6.07) is 15.3. The minimum Gasteiger partial charge on any atom is -0.497 e. The molecule has 1 aliphatic heterocycles. The van der Waals surface area contributed by atoms with Crippen LogP contribution in [-0.4, -0.2) is 33.2 Å². The third-order valence-corrected chi connectivity index (χ3v) is 4.57. The maximum absolute atomic E-state index is 12.7. The third-order valence-electron chi connectivity index (χ3n) is 4.57. The van der Waals surface area contributed by atoms with Crippen LogP contribution in [0.25, 0.3) is 0 Å². The van der Waals surface area contributed by atoms with Gasteiger partial charge in [-0.25, -0.2) is 0 Å². The van der Waals surface area contributed by atoms with Crippen molar-refractivity contribution in [2.75, 3.05) is 27.3 Å². The fraction of sp³-hybridized carbons (Fsp3) is 0.350. The monoisotopic (exact) mass is 340 g/mol. The summed E-state index contributed by atoms with van der Waals surface area (Å²) in [7, 11) is 3.28. The molecule has 2 N–H and O–H groups in total. The first kappa shape index (κ1) is 17.3. The number of carbonyl (C=O) groups is 1. The predicted octanol–water partition coefficient (Wildman–Crippen LogP) is 2.52. The summed E-state index contributed by atoms with van der Waals surface area (Å²) >= 11 is 0. The first-order valence-electron chi connectivity index (χ1n) is 8.50. The molecule has 0 unspecified atom stereocenters.